The molecule has 0 rings (SSSR count). The summed E-state index contributed by atoms with van der Waals surface area (Å²) in [7, 11) is 0. The van der Waals surface area contributed by atoms with E-state index < -0.39 is 12.6 Å². The maximum Gasteiger partial charge on any atom is 0.329 e. The van der Waals surface area contributed by atoms with Crippen LogP contribution in [0.1, 0.15) is 0 Å². The Labute approximate surface area is 52.4 Å². The van der Waals surface area contributed by atoms with Crippen LogP contribution < -0.4 is 0 Å². The van der Waals surface area contributed by atoms with E-state index in [-0.39, 0.29) is 24.4 Å². The van der Waals surface area contributed by atoms with Crippen molar-refractivity contribution in [1.82, 2.24) is 0 Å². The molecule has 0 bridgehead atoms. The molecule has 0 amide bonds. The molecule has 0 saturated heterocycles. The summed E-state index contributed by atoms with van der Waals surface area (Å²) < 4.78 is 0. The van der Waals surface area contributed by atoms with Gasteiger partial charge in [0.1, 0.15) is 6.61 Å². The third-order valence-corrected chi connectivity index (χ3v) is 0.135. The van der Waals surface area contributed by atoms with E-state index in [4.69, 9.17) is 15.0 Å². The zero-order valence-corrected chi connectivity index (χ0v) is 5.51. The number of carbonyl (C=O) groups is 1. The van der Waals surface area contributed by atoms with E-state index in [1.165, 1.54) is 0 Å². The molecule has 2 N–H and O–H groups in total. The van der Waals surface area contributed by atoms with Crippen LogP contribution in [-0.4, -0.2) is 47.2 Å². The number of hydrogen-bond donors (Lipinski definition) is 2. The minimum atomic E-state index is -1.19. The average Bonchev–Trinajstić information content (AvgIpc) is 1.38. The summed E-state index contributed by atoms with van der Waals surface area (Å²) in [5, 5.41) is 15.0. The van der Waals surface area contributed by atoms with Gasteiger partial charge in [0.15, 0.2) is 0 Å². The summed E-state index contributed by atoms with van der Waals surface area (Å²) >= 11 is 0. The van der Waals surface area contributed by atoms with E-state index in [1.807, 2.05) is 0 Å². The molecule has 0 aliphatic carbocycles. The maximum atomic E-state index is 9.12. The minimum absolute atomic E-state index is 0. The predicted octanol–water partition coefficient (Wildman–Crippen LogP) is -1.32. The first-order valence-corrected chi connectivity index (χ1v) is 1.10. The molecule has 0 fully saturated rings. The van der Waals surface area contributed by atoms with Crippen LogP contribution in [0, 0.1) is 0 Å². The fraction of sp³-hybridized carbons (Fsp3) is 0.500. The number of carboxylic acid groups (broad SMARTS) is 1. The molecular formula is C2H4O3Sb. The first-order chi connectivity index (χ1) is 2.27. The predicted molar refractivity (Wildman–Crippen MR) is 20.5 cm³/mol. The first-order valence-electron chi connectivity index (χ1n) is 1.10. The van der Waals surface area contributed by atoms with Gasteiger partial charge in [-0.15, -0.1) is 0 Å². The molecule has 0 spiro atoms. The normalized spacial score (nSPS) is 6.17. The monoisotopic (exact) mass is 197 g/mol. The first kappa shape index (κ1) is 9.54. The van der Waals surface area contributed by atoms with Crippen molar-refractivity contribution in [1.29, 1.82) is 0 Å². The largest absolute Gasteiger partial charge is 0.480 e. The number of hydrogen-bond acceptors (Lipinski definition) is 2. The Morgan fingerprint density at radius 3 is 1.83 bits per heavy atom. The van der Waals surface area contributed by atoms with Crippen LogP contribution in [0.3, 0.4) is 0 Å². The van der Waals surface area contributed by atoms with Crippen LogP contribution in [0.2, 0.25) is 0 Å². The number of aliphatic carboxylic acids is 1. The smallest absolute Gasteiger partial charge is 0.329 e. The number of aliphatic hydroxyl groups excluding tert-OH is 1. The second kappa shape index (κ2) is 5.25. The van der Waals surface area contributed by atoms with Gasteiger partial charge in [-0.2, -0.15) is 0 Å². The quantitative estimate of drug-likeness (QED) is 0.513. The average molecular weight is 198 g/mol. The van der Waals surface area contributed by atoms with Gasteiger partial charge in [-0.25, -0.2) is 4.79 Å². The van der Waals surface area contributed by atoms with Crippen LogP contribution in [0.15, 0.2) is 0 Å². The molecule has 3 nitrogen and oxygen atoms in total. The van der Waals surface area contributed by atoms with Crippen LogP contribution in [-0.2, 0) is 4.79 Å². The molecule has 4 heteroatoms. The zero-order chi connectivity index (χ0) is 4.28. The van der Waals surface area contributed by atoms with Gasteiger partial charge in [-0.1, -0.05) is 0 Å². The SMILES string of the molecule is O=C(O)CO.[Sb]. The zero-order valence-electron chi connectivity index (χ0n) is 2.96. The molecule has 0 aromatic carbocycles. The topological polar surface area (TPSA) is 57.5 Å². The van der Waals surface area contributed by atoms with Gasteiger partial charge in [-0.05, 0) is 0 Å². The molecule has 0 heterocycles. The van der Waals surface area contributed by atoms with Crippen molar-refractivity contribution in [2.45, 2.75) is 0 Å². The molecule has 0 aromatic rings. The summed E-state index contributed by atoms with van der Waals surface area (Å²) in [6.07, 6.45) is 0. The van der Waals surface area contributed by atoms with Crippen molar-refractivity contribution in [3.63, 3.8) is 0 Å². The van der Waals surface area contributed by atoms with E-state index in [1.54, 1.807) is 0 Å². The van der Waals surface area contributed by atoms with E-state index in [0.717, 1.165) is 0 Å². The molecule has 3 radical (unpaired) electrons. The van der Waals surface area contributed by atoms with Gasteiger partial charge in [0, 0.05) is 24.4 Å². The summed E-state index contributed by atoms with van der Waals surface area (Å²) in [6, 6.07) is 0. The fourth-order valence-electron chi connectivity index (χ4n) is 0. The van der Waals surface area contributed by atoms with E-state index >= 15 is 0 Å². The third kappa shape index (κ3) is 8.87. The van der Waals surface area contributed by atoms with Gasteiger partial charge >= 0.3 is 5.97 Å². The Bertz CT molecular complexity index is 44.1. The van der Waals surface area contributed by atoms with Gasteiger partial charge in [0.2, 0.25) is 0 Å². The number of carboxylic acids is 1. The summed E-state index contributed by atoms with van der Waals surface area (Å²) in [5.74, 6) is -1.19. The molecule has 0 atom stereocenters. The Kier molecular flexibility index (Phi) is 8.34. The van der Waals surface area contributed by atoms with Crippen molar-refractivity contribution in [2.24, 2.45) is 0 Å². The number of aliphatic hydroxyl groups is 1. The van der Waals surface area contributed by atoms with Gasteiger partial charge in [-0.3, -0.25) is 0 Å². The van der Waals surface area contributed by atoms with Crippen molar-refractivity contribution in [3.05, 3.63) is 0 Å². The van der Waals surface area contributed by atoms with E-state index in [2.05, 4.69) is 0 Å². The van der Waals surface area contributed by atoms with Crippen molar-refractivity contribution < 1.29 is 15.0 Å². The summed E-state index contributed by atoms with van der Waals surface area (Å²) in [4.78, 5) is 9.12. The molecular weight excluding hydrogens is 194 g/mol. The second-order valence-corrected chi connectivity index (χ2v) is 0.552. The van der Waals surface area contributed by atoms with E-state index in [0.29, 0.717) is 0 Å². The molecule has 35 valence electrons. The molecule has 0 unspecified atom stereocenters. The number of rotatable bonds is 1. The summed E-state index contributed by atoms with van der Waals surface area (Å²) in [5.41, 5.74) is 0. The van der Waals surface area contributed by atoms with Gasteiger partial charge in [0.25, 0.3) is 0 Å². The van der Waals surface area contributed by atoms with Gasteiger partial charge in [0.05, 0.1) is 0 Å². The van der Waals surface area contributed by atoms with Crippen LogP contribution in [0.5, 0.6) is 0 Å². The van der Waals surface area contributed by atoms with Crippen LogP contribution >= 0.6 is 0 Å². The Morgan fingerprint density at radius 1 is 1.67 bits per heavy atom. The van der Waals surface area contributed by atoms with Crippen molar-refractivity contribution >= 4 is 30.4 Å². The molecule has 6 heavy (non-hydrogen) atoms. The maximum absolute atomic E-state index is 9.12. The molecule has 0 aromatic heterocycles. The standard InChI is InChI=1S/C2H4O3.Sb/c3-1-2(4)5;/h3H,1H2,(H,4,5);. The second-order valence-electron chi connectivity index (χ2n) is 0.552. The third-order valence-electron chi connectivity index (χ3n) is 0.135. The minimum Gasteiger partial charge on any atom is -0.480 e. The van der Waals surface area contributed by atoms with Gasteiger partial charge < -0.3 is 10.2 Å². The summed E-state index contributed by atoms with van der Waals surface area (Å²) in [6.45, 7) is -0.778. The van der Waals surface area contributed by atoms with Crippen molar-refractivity contribution in [2.75, 3.05) is 6.61 Å². The molecule has 0 saturated carbocycles. The molecule has 0 aliphatic rings. The van der Waals surface area contributed by atoms with Crippen LogP contribution in [0.4, 0.5) is 0 Å². The molecule has 0 aliphatic heterocycles. The Morgan fingerprint density at radius 2 is 1.83 bits per heavy atom. The Balaban J connectivity index is 0. The van der Waals surface area contributed by atoms with Crippen molar-refractivity contribution in [3.8, 4) is 0 Å². The van der Waals surface area contributed by atoms with E-state index in [9.17, 15) is 0 Å². The Hall–Kier alpha value is 0.248. The fourth-order valence-corrected chi connectivity index (χ4v) is 0. The van der Waals surface area contributed by atoms with Crippen LogP contribution in [0.25, 0.3) is 0 Å².